The summed E-state index contributed by atoms with van der Waals surface area (Å²) in [7, 11) is 0. The van der Waals surface area contributed by atoms with Crippen LogP contribution in [0.3, 0.4) is 0 Å². The standard InChI is InChI=1S/C9H8ClN3O2/c1-2-13-3-5(9(14)15)6-7(10)11-4-12-8(6)13/h3-4H,2H2,1H3,(H,14,15). The Hall–Kier alpha value is -1.62. The van der Waals surface area contributed by atoms with Crippen LogP contribution in [0.2, 0.25) is 5.15 Å². The molecule has 2 aromatic heterocycles. The molecule has 0 aliphatic carbocycles. The fourth-order valence-electron chi connectivity index (χ4n) is 1.49. The van der Waals surface area contributed by atoms with E-state index in [4.69, 9.17) is 16.7 Å². The van der Waals surface area contributed by atoms with Gasteiger partial charge in [-0.05, 0) is 6.92 Å². The third-order valence-corrected chi connectivity index (χ3v) is 2.46. The minimum atomic E-state index is -1.02. The molecule has 0 bridgehead atoms. The van der Waals surface area contributed by atoms with Crippen molar-refractivity contribution in [2.45, 2.75) is 13.5 Å². The first-order chi connectivity index (χ1) is 7.15. The van der Waals surface area contributed by atoms with Crippen LogP contribution < -0.4 is 0 Å². The quantitative estimate of drug-likeness (QED) is 0.792. The van der Waals surface area contributed by atoms with Crippen LogP contribution in [0.15, 0.2) is 12.5 Å². The van der Waals surface area contributed by atoms with Crippen molar-refractivity contribution in [3.05, 3.63) is 23.2 Å². The van der Waals surface area contributed by atoms with Gasteiger partial charge in [-0.15, -0.1) is 0 Å². The molecule has 0 amide bonds. The smallest absolute Gasteiger partial charge is 0.338 e. The molecule has 5 nitrogen and oxygen atoms in total. The highest BCUT2D eigenvalue weighted by Gasteiger charge is 2.17. The third-order valence-electron chi connectivity index (χ3n) is 2.18. The van der Waals surface area contributed by atoms with Crippen LogP contribution in [0.1, 0.15) is 17.3 Å². The Balaban J connectivity index is 2.88. The molecule has 0 saturated heterocycles. The van der Waals surface area contributed by atoms with E-state index in [-0.39, 0.29) is 10.7 Å². The molecule has 6 heteroatoms. The van der Waals surface area contributed by atoms with Crippen LogP contribution in [0.5, 0.6) is 0 Å². The monoisotopic (exact) mass is 225 g/mol. The second-order valence-corrected chi connectivity index (χ2v) is 3.36. The number of rotatable bonds is 2. The molecule has 0 unspecified atom stereocenters. The summed E-state index contributed by atoms with van der Waals surface area (Å²) in [5, 5.41) is 9.56. The highest BCUT2D eigenvalue weighted by molar-refractivity contribution is 6.35. The lowest BCUT2D eigenvalue weighted by Crippen LogP contribution is -1.95. The zero-order chi connectivity index (χ0) is 11.0. The summed E-state index contributed by atoms with van der Waals surface area (Å²) in [6, 6.07) is 0. The van der Waals surface area contributed by atoms with Gasteiger partial charge in [-0.3, -0.25) is 0 Å². The van der Waals surface area contributed by atoms with E-state index in [0.717, 1.165) is 0 Å². The summed E-state index contributed by atoms with van der Waals surface area (Å²) >= 11 is 5.85. The average molecular weight is 226 g/mol. The van der Waals surface area contributed by atoms with Gasteiger partial charge in [-0.2, -0.15) is 0 Å². The number of hydrogen-bond donors (Lipinski definition) is 1. The Morgan fingerprint density at radius 2 is 2.33 bits per heavy atom. The number of aromatic carboxylic acids is 1. The van der Waals surface area contributed by atoms with Gasteiger partial charge >= 0.3 is 5.97 Å². The van der Waals surface area contributed by atoms with E-state index in [2.05, 4.69) is 9.97 Å². The maximum atomic E-state index is 11.0. The van der Waals surface area contributed by atoms with Gasteiger partial charge < -0.3 is 9.67 Å². The first-order valence-corrected chi connectivity index (χ1v) is 4.75. The molecule has 2 rings (SSSR count). The van der Waals surface area contributed by atoms with Crippen molar-refractivity contribution < 1.29 is 9.90 Å². The largest absolute Gasteiger partial charge is 0.478 e. The number of halogens is 1. The van der Waals surface area contributed by atoms with E-state index in [1.165, 1.54) is 12.5 Å². The van der Waals surface area contributed by atoms with Gasteiger partial charge in [0.15, 0.2) is 0 Å². The Labute approximate surface area is 90.3 Å². The predicted molar refractivity (Wildman–Crippen MR) is 55.2 cm³/mol. The van der Waals surface area contributed by atoms with E-state index in [1.54, 1.807) is 4.57 Å². The molecule has 0 atom stereocenters. The van der Waals surface area contributed by atoms with Crippen molar-refractivity contribution in [1.29, 1.82) is 0 Å². The first-order valence-electron chi connectivity index (χ1n) is 4.37. The number of aryl methyl sites for hydroxylation is 1. The molecule has 0 spiro atoms. The molecule has 78 valence electrons. The van der Waals surface area contributed by atoms with E-state index in [0.29, 0.717) is 17.6 Å². The minimum absolute atomic E-state index is 0.137. The van der Waals surface area contributed by atoms with Crippen molar-refractivity contribution in [2.75, 3.05) is 0 Å². The van der Waals surface area contributed by atoms with Gasteiger partial charge in [0, 0.05) is 12.7 Å². The summed E-state index contributed by atoms with van der Waals surface area (Å²) in [4.78, 5) is 18.8. The van der Waals surface area contributed by atoms with Gasteiger partial charge in [-0.1, -0.05) is 11.6 Å². The van der Waals surface area contributed by atoms with Gasteiger partial charge in [-0.25, -0.2) is 14.8 Å². The normalized spacial score (nSPS) is 10.8. The zero-order valence-electron chi connectivity index (χ0n) is 7.94. The molecule has 0 radical (unpaired) electrons. The van der Waals surface area contributed by atoms with Gasteiger partial charge in [0.25, 0.3) is 0 Å². The fourth-order valence-corrected chi connectivity index (χ4v) is 1.72. The average Bonchev–Trinajstić information content (AvgIpc) is 2.58. The number of carboxylic acid groups (broad SMARTS) is 1. The summed E-state index contributed by atoms with van der Waals surface area (Å²) < 4.78 is 1.73. The molecule has 0 saturated carbocycles. The summed E-state index contributed by atoms with van der Waals surface area (Å²) in [5.41, 5.74) is 0.687. The van der Waals surface area contributed by atoms with Crippen LogP contribution in [0.4, 0.5) is 0 Å². The summed E-state index contributed by atoms with van der Waals surface area (Å²) in [6.45, 7) is 2.54. The highest BCUT2D eigenvalue weighted by atomic mass is 35.5. The second-order valence-electron chi connectivity index (χ2n) is 3.00. The molecule has 15 heavy (non-hydrogen) atoms. The van der Waals surface area contributed by atoms with Crippen molar-refractivity contribution in [3.63, 3.8) is 0 Å². The number of nitrogens with zero attached hydrogens (tertiary/aromatic N) is 3. The lowest BCUT2D eigenvalue weighted by atomic mass is 10.2. The molecule has 2 heterocycles. The van der Waals surface area contributed by atoms with Crippen molar-refractivity contribution in [3.8, 4) is 0 Å². The Morgan fingerprint density at radius 3 is 2.93 bits per heavy atom. The highest BCUT2D eigenvalue weighted by Crippen LogP contribution is 2.25. The van der Waals surface area contributed by atoms with E-state index >= 15 is 0 Å². The predicted octanol–water partition coefficient (Wildman–Crippen LogP) is 1.80. The maximum absolute atomic E-state index is 11.0. The van der Waals surface area contributed by atoms with Gasteiger partial charge in [0.2, 0.25) is 0 Å². The summed E-state index contributed by atoms with van der Waals surface area (Å²) in [6.07, 6.45) is 2.84. The maximum Gasteiger partial charge on any atom is 0.338 e. The number of aromatic nitrogens is 3. The second kappa shape index (κ2) is 3.51. The first kappa shape index (κ1) is 9.92. The summed E-state index contributed by atoms with van der Waals surface area (Å²) in [5.74, 6) is -1.02. The molecule has 2 aromatic rings. The molecule has 0 aliphatic heterocycles. The molecular weight excluding hydrogens is 218 g/mol. The molecular formula is C9H8ClN3O2. The van der Waals surface area contributed by atoms with E-state index in [1.807, 2.05) is 6.92 Å². The lowest BCUT2D eigenvalue weighted by molar-refractivity contribution is 0.0699. The fraction of sp³-hybridized carbons (Fsp3) is 0.222. The topological polar surface area (TPSA) is 68.0 Å². The Morgan fingerprint density at radius 1 is 1.60 bits per heavy atom. The molecule has 0 aromatic carbocycles. The molecule has 0 fully saturated rings. The van der Waals surface area contributed by atoms with Gasteiger partial charge in [0.1, 0.15) is 17.1 Å². The van der Waals surface area contributed by atoms with Crippen molar-refractivity contribution in [2.24, 2.45) is 0 Å². The Kier molecular flexibility index (Phi) is 2.32. The van der Waals surface area contributed by atoms with Crippen LogP contribution in [-0.4, -0.2) is 25.6 Å². The molecule has 0 aliphatic rings. The number of fused-ring (bicyclic) bond motifs is 1. The Bertz CT molecular complexity index is 535. The minimum Gasteiger partial charge on any atom is -0.478 e. The zero-order valence-corrected chi connectivity index (χ0v) is 8.69. The number of hydrogen-bond acceptors (Lipinski definition) is 3. The van der Waals surface area contributed by atoms with Crippen LogP contribution in [-0.2, 0) is 6.54 Å². The number of carboxylic acids is 1. The number of carbonyl (C=O) groups is 1. The van der Waals surface area contributed by atoms with Crippen LogP contribution >= 0.6 is 11.6 Å². The van der Waals surface area contributed by atoms with Crippen LogP contribution in [0, 0.1) is 0 Å². The lowest BCUT2D eigenvalue weighted by Gasteiger charge is -1.97. The van der Waals surface area contributed by atoms with Crippen molar-refractivity contribution in [1.82, 2.24) is 14.5 Å². The van der Waals surface area contributed by atoms with Crippen LogP contribution in [0.25, 0.3) is 11.0 Å². The molecule has 1 N–H and O–H groups in total. The van der Waals surface area contributed by atoms with E-state index in [9.17, 15) is 4.79 Å². The SMILES string of the molecule is CCn1cc(C(=O)O)c2c(Cl)ncnc21. The third kappa shape index (κ3) is 1.45. The van der Waals surface area contributed by atoms with Gasteiger partial charge in [0.05, 0.1) is 10.9 Å². The van der Waals surface area contributed by atoms with E-state index < -0.39 is 5.97 Å². The van der Waals surface area contributed by atoms with Crippen molar-refractivity contribution >= 4 is 28.6 Å².